The first-order valence-electron chi connectivity index (χ1n) is 6.15. The van der Waals surface area contributed by atoms with Crippen LogP contribution in [0.5, 0.6) is 0 Å². The molecular formula is C12H22N2O2. The average molecular weight is 226 g/mol. The lowest BCUT2D eigenvalue weighted by Crippen LogP contribution is -2.38. The molecule has 0 radical (unpaired) electrons. The molecule has 0 bridgehead atoms. The number of hydrogen-bond donors (Lipinski definition) is 2. The molecule has 0 unspecified atom stereocenters. The first kappa shape index (κ1) is 13.0. The van der Waals surface area contributed by atoms with E-state index in [-0.39, 0.29) is 17.2 Å². The highest BCUT2D eigenvalue weighted by molar-refractivity contribution is 5.80. The Hall–Kier alpha value is -1.06. The van der Waals surface area contributed by atoms with Gasteiger partial charge in [-0.05, 0) is 25.7 Å². The van der Waals surface area contributed by atoms with E-state index >= 15 is 0 Å². The number of nitrogens with two attached hydrogens (primary N) is 2. The summed E-state index contributed by atoms with van der Waals surface area (Å²) in [6.07, 6.45) is 8.09. The molecule has 0 saturated heterocycles. The standard InChI is InChI=1S/C12H22N2O2/c13-10(15)6-2-5-9-12(11(14)16)7-3-1-4-8-12/h1-9H2,(H2,13,15)(H2,14,16). The highest BCUT2D eigenvalue weighted by atomic mass is 16.1. The maximum atomic E-state index is 11.5. The quantitative estimate of drug-likeness (QED) is 0.672. The first-order valence-corrected chi connectivity index (χ1v) is 6.15. The van der Waals surface area contributed by atoms with Gasteiger partial charge < -0.3 is 11.5 Å². The molecule has 0 aromatic heterocycles. The summed E-state index contributed by atoms with van der Waals surface area (Å²) in [6.45, 7) is 0. The van der Waals surface area contributed by atoms with E-state index in [4.69, 9.17) is 11.5 Å². The van der Waals surface area contributed by atoms with Gasteiger partial charge in [0.05, 0.1) is 0 Å². The van der Waals surface area contributed by atoms with Crippen LogP contribution in [0.4, 0.5) is 0 Å². The molecule has 0 aliphatic heterocycles. The van der Waals surface area contributed by atoms with Gasteiger partial charge in [-0.3, -0.25) is 9.59 Å². The second-order valence-electron chi connectivity index (χ2n) is 4.88. The Kier molecular flexibility index (Phi) is 4.77. The van der Waals surface area contributed by atoms with Crippen LogP contribution in [0, 0.1) is 5.41 Å². The van der Waals surface area contributed by atoms with Crippen molar-refractivity contribution >= 4 is 11.8 Å². The number of amides is 2. The van der Waals surface area contributed by atoms with E-state index in [2.05, 4.69) is 0 Å². The lowest BCUT2D eigenvalue weighted by molar-refractivity contribution is -0.130. The van der Waals surface area contributed by atoms with Crippen molar-refractivity contribution in [2.75, 3.05) is 0 Å². The predicted molar refractivity (Wildman–Crippen MR) is 62.4 cm³/mol. The fourth-order valence-electron chi connectivity index (χ4n) is 2.61. The van der Waals surface area contributed by atoms with Crippen LogP contribution in [-0.2, 0) is 9.59 Å². The molecule has 16 heavy (non-hydrogen) atoms. The summed E-state index contributed by atoms with van der Waals surface area (Å²) in [5.41, 5.74) is 10.3. The summed E-state index contributed by atoms with van der Waals surface area (Å²) >= 11 is 0. The van der Waals surface area contributed by atoms with E-state index in [9.17, 15) is 9.59 Å². The van der Waals surface area contributed by atoms with E-state index in [0.29, 0.717) is 6.42 Å². The van der Waals surface area contributed by atoms with E-state index in [0.717, 1.165) is 44.9 Å². The molecule has 0 spiro atoms. The van der Waals surface area contributed by atoms with E-state index < -0.39 is 0 Å². The summed E-state index contributed by atoms with van der Waals surface area (Å²) in [5, 5.41) is 0. The first-order chi connectivity index (χ1) is 7.57. The van der Waals surface area contributed by atoms with Gasteiger partial charge in [0, 0.05) is 11.8 Å². The third-order valence-electron chi connectivity index (χ3n) is 3.66. The Balaban J connectivity index is 2.39. The molecule has 1 aliphatic carbocycles. The zero-order valence-electron chi connectivity index (χ0n) is 9.84. The van der Waals surface area contributed by atoms with Crippen LogP contribution in [0.1, 0.15) is 57.8 Å². The molecule has 1 saturated carbocycles. The van der Waals surface area contributed by atoms with Crippen LogP contribution < -0.4 is 11.5 Å². The molecule has 4 N–H and O–H groups in total. The number of carbonyl (C=O) groups is 2. The van der Waals surface area contributed by atoms with Crippen molar-refractivity contribution in [2.45, 2.75) is 57.8 Å². The minimum Gasteiger partial charge on any atom is -0.370 e. The van der Waals surface area contributed by atoms with Crippen LogP contribution in [0.3, 0.4) is 0 Å². The topological polar surface area (TPSA) is 86.2 Å². The third kappa shape index (κ3) is 3.51. The Morgan fingerprint density at radius 1 is 1.00 bits per heavy atom. The van der Waals surface area contributed by atoms with E-state index in [1.807, 2.05) is 0 Å². The van der Waals surface area contributed by atoms with E-state index in [1.54, 1.807) is 0 Å². The molecule has 92 valence electrons. The Labute approximate surface area is 96.8 Å². The molecule has 1 aliphatic rings. The zero-order chi connectivity index (χ0) is 12.0. The van der Waals surface area contributed by atoms with Crippen LogP contribution in [0.15, 0.2) is 0 Å². The lowest BCUT2D eigenvalue weighted by Gasteiger charge is -2.34. The van der Waals surface area contributed by atoms with Gasteiger partial charge in [0.15, 0.2) is 0 Å². The van der Waals surface area contributed by atoms with Gasteiger partial charge in [-0.2, -0.15) is 0 Å². The van der Waals surface area contributed by atoms with E-state index in [1.165, 1.54) is 6.42 Å². The summed E-state index contributed by atoms with van der Waals surface area (Å²) in [5.74, 6) is -0.428. The van der Waals surface area contributed by atoms with Gasteiger partial charge in [-0.25, -0.2) is 0 Å². The second kappa shape index (κ2) is 5.87. The minimum atomic E-state index is -0.296. The normalized spacial score (nSPS) is 19.2. The maximum absolute atomic E-state index is 11.5. The molecule has 2 amide bonds. The van der Waals surface area contributed by atoms with Crippen LogP contribution in [0.2, 0.25) is 0 Å². The molecule has 0 heterocycles. The van der Waals surface area contributed by atoms with Gasteiger partial charge in [0.1, 0.15) is 0 Å². The summed E-state index contributed by atoms with van der Waals surface area (Å²) < 4.78 is 0. The maximum Gasteiger partial charge on any atom is 0.223 e. The van der Waals surface area contributed by atoms with Crippen molar-refractivity contribution < 1.29 is 9.59 Å². The molecule has 4 nitrogen and oxygen atoms in total. The van der Waals surface area contributed by atoms with Crippen molar-refractivity contribution in [3.63, 3.8) is 0 Å². The highest BCUT2D eigenvalue weighted by Crippen LogP contribution is 2.40. The van der Waals surface area contributed by atoms with Gasteiger partial charge in [0.25, 0.3) is 0 Å². The number of hydrogen-bond acceptors (Lipinski definition) is 2. The molecule has 0 atom stereocenters. The molecule has 1 rings (SSSR count). The number of primary amides is 2. The molecule has 1 fully saturated rings. The average Bonchev–Trinajstić information content (AvgIpc) is 2.25. The van der Waals surface area contributed by atoms with Crippen LogP contribution in [-0.4, -0.2) is 11.8 Å². The fourth-order valence-corrected chi connectivity index (χ4v) is 2.61. The lowest BCUT2D eigenvalue weighted by atomic mass is 9.70. The smallest absolute Gasteiger partial charge is 0.223 e. The molecular weight excluding hydrogens is 204 g/mol. The Morgan fingerprint density at radius 3 is 2.12 bits per heavy atom. The minimum absolute atomic E-state index is 0.161. The highest BCUT2D eigenvalue weighted by Gasteiger charge is 2.36. The fraction of sp³-hybridized carbons (Fsp3) is 0.833. The van der Waals surface area contributed by atoms with Crippen molar-refractivity contribution in [2.24, 2.45) is 16.9 Å². The Morgan fingerprint density at radius 2 is 1.62 bits per heavy atom. The SMILES string of the molecule is NC(=O)CCCCC1(C(N)=O)CCCCC1. The summed E-state index contributed by atoms with van der Waals surface area (Å²) in [7, 11) is 0. The summed E-state index contributed by atoms with van der Waals surface area (Å²) in [4.78, 5) is 22.1. The number of unbranched alkanes of at least 4 members (excludes halogenated alkanes) is 1. The van der Waals surface area contributed by atoms with Crippen molar-refractivity contribution in [1.82, 2.24) is 0 Å². The predicted octanol–water partition coefficient (Wildman–Crippen LogP) is 1.47. The largest absolute Gasteiger partial charge is 0.370 e. The monoisotopic (exact) mass is 226 g/mol. The molecule has 4 heteroatoms. The molecule has 0 aromatic carbocycles. The second-order valence-corrected chi connectivity index (χ2v) is 4.88. The summed E-state index contributed by atoms with van der Waals surface area (Å²) in [6, 6.07) is 0. The van der Waals surface area contributed by atoms with Crippen molar-refractivity contribution in [3.05, 3.63) is 0 Å². The van der Waals surface area contributed by atoms with Gasteiger partial charge in [-0.15, -0.1) is 0 Å². The third-order valence-corrected chi connectivity index (χ3v) is 3.66. The van der Waals surface area contributed by atoms with Crippen molar-refractivity contribution in [1.29, 1.82) is 0 Å². The van der Waals surface area contributed by atoms with Gasteiger partial charge in [0.2, 0.25) is 11.8 Å². The van der Waals surface area contributed by atoms with Gasteiger partial charge in [-0.1, -0.05) is 25.7 Å². The van der Waals surface area contributed by atoms with Gasteiger partial charge >= 0.3 is 0 Å². The van der Waals surface area contributed by atoms with Crippen LogP contribution >= 0.6 is 0 Å². The molecule has 0 aromatic rings. The Bertz CT molecular complexity index is 258. The van der Waals surface area contributed by atoms with Crippen molar-refractivity contribution in [3.8, 4) is 0 Å². The van der Waals surface area contributed by atoms with Crippen LogP contribution in [0.25, 0.3) is 0 Å². The number of rotatable bonds is 6. The zero-order valence-corrected chi connectivity index (χ0v) is 9.84. The number of carbonyl (C=O) groups excluding carboxylic acids is 2.